The van der Waals surface area contributed by atoms with E-state index in [4.69, 9.17) is 0 Å². The summed E-state index contributed by atoms with van der Waals surface area (Å²) in [5.41, 5.74) is 1.03. The molecule has 2 nitrogen and oxygen atoms in total. The number of thiazole rings is 1. The molecule has 3 rings (SSSR count). The molecule has 1 aliphatic heterocycles. The maximum Gasteiger partial charge on any atom is 0.389 e. The minimum Gasteiger partial charge on any atom is -0.297 e. The van der Waals surface area contributed by atoms with E-state index in [1.165, 1.54) is 61.2 Å². The fourth-order valence-corrected chi connectivity index (χ4v) is 4.94. The largest absolute Gasteiger partial charge is 0.389 e. The number of aryl methyl sites for hydroxylation is 1. The molecular weight excluding hydrogens is 333 g/mol. The average molecular weight is 360 g/mol. The molecule has 2 heterocycles. The van der Waals surface area contributed by atoms with E-state index in [9.17, 15) is 13.2 Å². The van der Waals surface area contributed by atoms with E-state index in [0.29, 0.717) is 5.01 Å². The third kappa shape index (κ3) is 5.45. The van der Waals surface area contributed by atoms with Crippen molar-refractivity contribution in [2.75, 3.05) is 13.1 Å². The third-order valence-electron chi connectivity index (χ3n) is 5.30. The van der Waals surface area contributed by atoms with Gasteiger partial charge < -0.3 is 0 Å². The minimum atomic E-state index is -4.09. The van der Waals surface area contributed by atoms with Gasteiger partial charge in [0.1, 0.15) is 0 Å². The summed E-state index contributed by atoms with van der Waals surface area (Å²) in [7, 11) is 0. The Balaban J connectivity index is 1.48. The highest BCUT2D eigenvalue weighted by Gasteiger charge is 2.28. The molecule has 0 radical (unpaired) electrons. The SMILES string of the molecule is FC(F)(F)CCc1nc2c(s1)CCN(CCC1CCCCCC1)C2. The first kappa shape index (κ1) is 18.2. The van der Waals surface area contributed by atoms with E-state index in [-0.39, 0.29) is 6.42 Å². The summed E-state index contributed by atoms with van der Waals surface area (Å²) in [4.78, 5) is 8.14. The first-order valence-corrected chi connectivity index (χ1v) is 10.1. The number of nitrogens with zero attached hydrogens (tertiary/aromatic N) is 2. The van der Waals surface area contributed by atoms with Crippen molar-refractivity contribution < 1.29 is 13.2 Å². The Morgan fingerprint density at radius 1 is 1.12 bits per heavy atom. The van der Waals surface area contributed by atoms with E-state index in [1.54, 1.807) is 0 Å². The summed E-state index contributed by atoms with van der Waals surface area (Å²) in [5.74, 6) is 0.867. The Labute approximate surface area is 146 Å². The maximum atomic E-state index is 12.4. The van der Waals surface area contributed by atoms with Gasteiger partial charge >= 0.3 is 6.18 Å². The maximum absolute atomic E-state index is 12.4. The summed E-state index contributed by atoms with van der Waals surface area (Å²) in [6.07, 6.45) is 5.68. The van der Waals surface area contributed by atoms with Crippen LogP contribution in [0, 0.1) is 5.92 Å². The Morgan fingerprint density at radius 3 is 2.58 bits per heavy atom. The summed E-state index contributed by atoms with van der Waals surface area (Å²) in [6, 6.07) is 0. The second-order valence-corrected chi connectivity index (χ2v) is 8.43. The van der Waals surface area contributed by atoms with Crippen molar-refractivity contribution in [3.63, 3.8) is 0 Å². The summed E-state index contributed by atoms with van der Waals surface area (Å²) in [5, 5.41) is 0.656. The van der Waals surface area contributed by atoms with Crippen LogP contribution in [-0.2, 0) is 19.4 Å². The number of rotatable bonds is 5. The van der Waals surface area contributed by atoms with Gasteiger partial charge in [0.25, 0.3) is 0 Å². The van der Waals surface area contributed by atoms with Crippen LogP contribution >= 0.6 is 11.3 Å². The van der Waals surface area contributed by atoms with Crippen molar-refractivity contribution >= 4 is 11.3 Å². The highest BCUT2D eigenvalue weighted by Crippen LogP contribution is 2.30. The molecule has 0 bridgehead atoms. The van der Waals surface area contributed by atoms with Crippen molar-refractivity contribution in [3.05, 3.63) is 15.6 Å². The predicted molar refractivity (Wildman–Crippen MR) is 91.3 cm³/mol. The van der Waals surface area contributed by atoms with Gasteiger partial charge in [-0.1, -0.05) is 38.5 Å². The van der Waals surface area contributed by atoms with Crippen molar-refractivity contribution in [2.45, 2.75) is 76.9 Å². The predicted octanol–water partition coefficient (Wildman–Crippen LogP) is 5.36. The molecule has 2 aliphatic rings. The van der Waals surface area contributed by atoms with Gasteiger partial charge in [-0.2, -0.15) is 13.2 Å². The van der Waals surface area contributed by atoms with Gasteiger partial charge in [-0.3, -0.25) is 4.90 Å². The van der Waals surface area contributed by atoms with Crippen LogP contribution in [0.2, 0.25) is 0 Å². The fraction of sp³-hybridized carbons (Fsp3) is 0.833. The van der Waals surface area contributed by atoms with Crippen molar-refractivity contribution in [3.8, 4) is 0 Å². The Bertz CT molecular complexity index is 519. The molecule has 24 heavy (non-hydrogen) atoms. The molecule has 0 unspecified atom stereocenters. The van der Waals surface area contributed by atoms with Gasteiger partial charge in [0.2, 0.25) is 0 Å². The Kier molecular flexibility index (Phi) is 6.19. The quantitative estimate of drug-likeness (QED) is 0.658. The molecule has 1 aliphatic carbocycles. The lowest BCUT2D eigenvalue weighted by Crippen LogP contribution is -2.31. The molecule has 1 aromatic rings. The fourth-order valence-electron chi connectivity index (χ4n) is 3.87. The lowest BCUT2D eigenvalue weighted by molar-refractivity contribution is -0.134. The normalized spacial score (nSPS) is 20.8. The molecule has 6 heteroatoms. The molecule has 1 saturated carbocycles. The van der Waals surface area contributed by atoms with Gasteiger partial charge in [-0.25, -0.2) is 4.98 Å². The number of alkyl halides is 3. The van der Waals surface area contributed by atoms with Gasteiger partial charge in [0, 0.05) is 30.8 Å². The van der Waals surface area contributed by atoms with Crippen LogP contribution in [0.1, 0.15) is 66.9 Å². The third-order valence-corrected chi connectivity index (χ3v) is 6.52. The van der Waals surface area contributed by atoms with Crippen LogP contribution in [0.5, 0.6) is 0 Å². The van der Waals surface area contributed by atoms with Gasteiger partial charge in [0.15, 0.2) is 0 Å². The Morgan fingerprint density at radius 2 is 1.88 bits per heavy atom. The summed E-state index contributed by atoms with van der Waals surface area (Å²) in [6.45, 7) is 2.96. The molecule has 0 N–H and O–H groups in total. The topological polar surface area (TPSA) is 16.1 Å². The first-order valence-electron chi connectivity index (χ1n) is 9.26. The number of hydrogen-bond donors (Lipinski definition) is 0. The van der Waals surface area contributed by atoms with Crippen LogP contribution in [-0.4, -0.2) is 29.1 Å². The second kappa shape index (κ2) is 8.17. The lowest BCUT2D eigenvalue weighted by Gasteiger charge is -2.27. The number of aromatic nitrogens is 1. The zero-order chi connectivity index (χ0) is 17.0. The van der Waals surface area contributed by atoms with Gasteiger partial charge in [0.05, 0.1) is 10.7 Å². The molecule has 136 valence electrons. The smallest absolute Gasteiger partial charge is 0.297 e. The number of fused-ring (bicyclic) bond motifs is 1. The van der Waals surface area contributed by atoms with Gasteiger partial charge in [-0.15, -0.1) is 11.3 Å². The molecule has 0 saturated heterocycles. The summed E-state index contributed by atoms with van der Waals surface area (Å²) >= 11 is 1.49. The highest BCUT2D eigenvalue weighted by molar-refractivity contribution is 7.11. The molecule has 1 aromatic heterocycles. The second-order valence-electron chi connectivity index (χ2n) is 7.27. The van der Waals surface area contributed by atoms with E-state index < -0.39 is 12.6 Å². The van der Waals surface area contributed by atoms with Crippen LogP contribution in [0.3, 0.4) is 0 Å². The molecule has 1 fully saturated rings. The van der Waals surface area contributed by atoms with Gasteiger partial charge in [-0.05, 0) is 25.3 Å². The van der Waals surface area contributed by atoms with Crippen LogP contribution < -0.4 is 0 Å². The molecule has 0 amide bonds. The number of hydrogen-bond acceptors (Lipinski definition) is 3. The highest BCUT2D eigenvalue weighted by atomic mass is 32.1. The van der Waals surface area contributed by atoms with Crippen molar-refractivity contribution in [1.29, 1.82) is 0 Å². The first-order chi connectivity index (χ1) is 11.5. The molecule has 0 atom stereocenters. The van der Waals surface area contributed by atoms with E-state index in [1.807, 2.05) is 0 Å². The van der Waals surface area contributed by atoms with Crippen LogP contribution in [0.15, 0.2) is 0 Å². The molecular formula is C18H27F3N2S. The van der Waals surface area contributed by atoms with E-state index in [0.717, 1.165) is 37.7 Å². The van der Waals surface area contributed by atoms with Crippen LogP contribution in [0.4, 0.5) is 13.2 Å². The zero-order valence-corrected chi connectivity index (χ0v) is 15.0. The van der Waals surface area contributed by atoms with Crippen LogP contribution in [0.25, 0.3) is 0 Å². The molecule has 0 spiro atoms. The average Bonchev–Trinajstić information content (AvgIpc) is 2.75. The lowest BCUT2D eigenvalue weighted by atomic mass is 9.96. The zero-order valence-electron chi connectivity index (χ0n) is 14.2. The van der Waals surface area contributed by atoms with E-state index >= 15 is 0 Å². The molecule has 0 aromatic carbocycles. The minimum absolute atomic E-state index is 0.0310. The summed E-state index contributed by atoms with van der Waals surface area (Å²) < 4.78 is 37.1. The van der Waals surface area contributed by atoms with Crippen molar-refractivity contribution in [1.82, 2.24) is 9.88 Å². The number of halogens is 3. The monoisotopic (exact) mass is 360 g/mol. The standard InChI is InChI=1S/C18H27F3N2S/c19-18(20,21)10-7-17-22-15-13-23(12-9-16(15)24-17)11-8-14-5-3-1-2-4-6-14/h14H,1-13H2. The Hall–Kier alpha value is -0.620. The van der Waals surface area contributed by atoms with Crippen molar-refractivity contribution in [2.24, 2.45) is 5.92 Å². The van der Waals surface area contributed by atoms with E-state index in [2.05, 4.69) is 9.88 Å².